The molecule has 1 aliphatic rings. The van der Waals surface area contributed by atoms with Crippen LogP contribution in [0.3, 0.4) is 0 Å². The predicted octanol–water partition coefficient (Wildman–Crippen LogP) is 15.1. The third kappa shape index (κ3) is 12.3. The van der Waals surface area contributed by atoms with Gasteiger partial charge in [0.25, 0.3) is 0 Å². The molecule has 0 amide bonds. The molecule has 6 aromatic rings. The van der Waals surface area contributed by atoms with E-state index in [4.69, 9.17) is 9.47 Å². The fourth-order valence-electron chi connectivity index (χ4n) is 12.0. The molecule has 0 aromatic heterocycles. The van der Waals surface area contributed by atoms with E-state index >= 15 is 0 Å². The summed E-state index contributed by atoms with van der Waals surface area (Å²) in [4.78, 5) is 0. The molecule has 4 heteroatoms. The number of unbranched alkanes of at least 4 members (excludes halogenated alkanes) is 12. The van der Waals surface area contributed by atoms with E-state index in [-0.39, 0.29) is 0 Å². The molecule has 0 aliphatic carbocycles. The van der Waals surface area contributed by atoms with Crippen molar-refractivity contribution in [2.75, 3.05) is 13.2 Å². The Kier molecular flexibility index (Phi) is 21.1. The van der Waals surface area contributed by atoms with Gasteiger partial charge in [-0.1, -0.05) is 249 Å². The van der Waals surface area contributed by atoms with Crippen LogP contribution in [0.2, 0.25) is 0 Å². The molecule has 0 fully saturated rings. The van der Waals surface area contributed by atoms with Crippen LogP contribution in [0.5, 0.6) is 11.5 Å². The summed E-state index contributed by atoms with van der Waals surface area (Å²) in [5.41, 5.74) is 10.9. The molecule has 7 rings (SSSR count). The molecule has 0 bridgehead atoms. The zero-order valence-corrected chi connectivity index (χ0v) is 48.3. The molecule has 6 aromatic carbocycles. The van der Waals surface area contributed by atoms with E-state index < -0.39 is 15.2 Å². The standard InChI is InChI=1S/C68H92O2Si2/c1-9-15-21-27-55-31-39-59(40-32-55)71(60-41-33-56(34-42-60)28-22-16-10-2)67-49-53(7)65(69-47-25-19-13-5)51-63(67)64-52-66(70-48-26-20-14-6)54(8)50-68(64)72(71,61-43-35-57(36-44-61)29-23-17-11-3)62-45-37-58(38-46-62)30-24-18-12-4/h31-46,49-52H,9-30,47-48H2,1-8H3. The molecule has 0 spiro atoms. The summed E-state index contributed by atoms with van der Waals surface area (Å²) >= 11 is 0. The van der Waals surface area contributed by atoms with Crippen LogP contribution in [0.4, 0.5) is 0 Å². The van der Waals surface area contributed by atoms with Crippen LogP contribution in [0.25, 0.3) is 11.1 Å². The van der Waals surface area contributed by atoms with Crippen molar-refractivity contribution in [3.63, 3.8) is 0 Å². The summed E-state index contributed by atoms with van der Waals surface area (Å²) in [5.74, 6) is 2.04. The minimum absolute atomic E-state index is 0.732. The first-order chi connectivity index (χ1) is 35.3. The molecular weight excluding hydrogens is 905 g/mol. The van der Waals surface area contributed by atoms with Gasteiger partial charge in [-0.25, -0.2) is 0 Å². The van der Waals surface area contributed by atoms with Gasteiger partial charge in [0, 0.05) is 0 Å². The molecule has 0 atom stereocenters. The molecule has 0 unspecified atom stereocenters. The molecule has 2 nitrogen and oxygen atoms in total. The summed E-state index contributed by atoms with van der Waals surface area (Å²) in [5, 5.41) is 9.13. The van der Waals surface area contributed by atoms with Crippen LogP contribution < -0.4 is 40.6 Å². The van der Waals surface area contributed by atoms with Crippen LogP contribution in [0.15, 0.2) is 121 Å². The molecule has 384 valence electrons. The van der Waals surface area contributed by atoms with Crippen molar-refractivity contribution in [3.8, 4) is 22.6 Å². The van der Waals surface area contributed by atoms with Crippen molar-refractivity contribution in [3.05, 3.63) is 155 Å². The van der Waals surface area contributed by atoms with Crippen LogP contribution in [-0.4, -0.2) is 28.4 Å². The maximum Gasteiger partial charge on any atom is 0.155 e. The lowest BCUT2D eigenvalue weighted by Gasteiger charge is -2.54. The van der Waals surface area contributed by atoms with Crippen LogP contribution in [-0.2, 0) is 25.7 Å². The minimum atomic E-state index is -3.22. The van der Waals surface area contributed by atoms with E-state index in [1.165, 1.54) is 178 Å². The smallest absolute Gasteiger partial charge is 0.155 e. The van der Waals surface area contributed by atoms with Crippen molar-refractivity contribution in [2.24, 2.45) is 0 Å². The normalized spacial score (nSPS) is 13.4. The van der Waals surface area contributed by atoms with Gasteiger partial charge in [0.15, 0.2) is 15.2 Å². The Morgan fingerprint density at radius 2 is 0.556 bits per heavy atom. The SMILES string of the molecule is CCCCCOc1cc2c(cc1C)[Si](c1ccc(CCCCC)cc1)(c1ccc(CCCCC)cc1)[Si](c1ccc(CCCCC)cc1)(c1ccc(CCCCC)cc1)c1cc(C)c(OCCCCC)cc1-2. The largest absolute Gasteiger partial charge is 0.493 e. The van der Waals surface area contributed by atoms with Crippen molar-refractivity contribution in [2.45, 2.75) is 197 Å². The lowest BCUT2D eigenvalue weighted by molar-refractivity contribution is 0.304. The number of benzene rings is 6. The Labute approximate surface area is 440 Å². The molecule has 0 saturated carbocycles. The number of rotatable bonds is 30. The second-order valence-electron chi connectivity index (χ2n) is 21.6. The summed E-state index contributed by atoms with van der Waals surface area (Å²) in [6, 6.07) is 51.5. The predicted molar refractivity (Wildman–Crippen MR) is 319 cm³/mol. The Morgan fingerprint density at radius 3 is 0.806 bits per heavy atom. The molecule has 0 radical (unpaired) electrons. The summed E-state index contributed by atoms with van der Waals surface area (Å²) in [6.07, 6.45) is 26.2. The van der Waals surface area contributed by atoms with Crippen molar-refractivity contribution < 1.29 is 9.47 Å². The summed E-state index contributed by atoms with van der Waals surface area (Å²) < 4.78 is 13.8. The zero-order valence-electron chi connectivity index (χ0n) is 46.3. The number of ether oxygens (including phenoxy) is 2. The topological polar surface area (TPSA) is 18.5 Å². The van der Waals surface area contributed by atoms with Gasteiger partial charge in [-0.15, -0.1) is 0 Å². The molecule has 1 aliphatic heterocycles. The number of aryl methyl sites for hydroxylation is 6. The maximum atomic E-state index is 6.89. The van der Waals surface area contributed by atoms with Gasteiger partial charge in [0.1, 0.15) is 11.5 Å². The van der Waals surface area contributed by atoms with Gasteiger partial charge in [-0.2, -0.15) is 0 Å². The van der Waals surface area contributed by atoms with Gasteiger partial charge in [-0.3, -0.25) is 0 Å². The highest BCUT2D eigenvalue weighted by atomic mass is 29.3. The van der Waals surface area contributed by atoms with E-state index in [2.05, 4.69) is 177 Å². The molecule has 72 heavy (non-hydrogen) atoms. The quantitative estimate of drug-likeness (QED) is 0.0331. The highest BCUT2D eigenvalue weighted by Crippen LogP contribution is 2.39. The fraction of sp³-hybridized carbons (Fsp3) is 0.471. The number of hydrogen-bond acceptors (Lipinski definition) is 2. The lowest BCUT2D eigenvalue weighted by atomic mass is 10.0. The van der Waals surface area contributed by atoms with E-state index in [0.29, 0.717) is 0 Å². The van der Waals surface area contributed by atoms with Crippen molar-refractivity contribution in [1.82, 2.24) is 0 Å². The number of fused-ring (bicyclic) bond motifs is 3. The molecular formula is C68H92O2Si2. The second kappa shape index (κ2) is 27.6. The van der Waals surface area contributed by atoms with Crippen LogP contribution >= 0.6 is 0 Å². The first-order valence-electron chi connectivity index (χ1n) is 29.2. The molecule has 0 N–H and O–H groups in total. The lowest BCUT2D eigenvalue weighted by Crippen LogP contribution is -2.95. The van der Waals surface area contributed by atoms with Crippen LogP contribution in [0.1, 0.15) is 190 Å². The van der Waals surface area contributed by atoms with Gasteiger partial charge in [0.05, 0.1) is 13.2 Å². The monoisotopic (exact) mass is 997 g/mol. The van der Waals surface area contributed by atoms with Gasteiger partial charge in [-0.05, 0) is 145 Å². The Bertz CT molecular complexity index is 2270. The van der Waals surface area contributed by atoms with Crippen LogP contribution in [0, 0.1) is 13.8 Å². The Hall–Kier alpha value is -4.65. The molecule has 0 saturated heterocycles. The van der Waals surface area contributed by atoms with E-state index in [0.717, 1.165) is 63.2 Å². The first-order valence-corrected chi connectivity index (χ1v) is 34.2. The first kappa shape index (κ1) is 55.1. The average molecular weight is 998 g/mol. The van der Waals surface area contributed by atoms with Crippen molar-refractivity contribution in [1.29, 1.82) is 0 Å². The highest BCUT2D eigenvalue weighted by Gasteiger charge is 2.65. The third-order valence-corrected chi connectivity index (χ3v) is 32.9. The van der Waals surface area contributed by atoms with Gasteiger partial charge >= 0.3 is 0 Å². The average Bonchev–Trinajstić information content (AvgIpc) is 3.40. The molecule has 1 heterocycles. The summed E-state index contributed by atoms with van der Waals surface area (Å²) in [6.45, 7) is 19.9. The van der Waals surface area contributed by atoms with E-state index in [1.54, 1.807) is 0 Å². The third-order valence-electron chi connectivity index (χ3n) is 16.1. The Balaban J connectivity index is 1.66. The zero-order chi connectivity index (χ0) is 50.8. The van der Waals surface area contributed by atoms with E-state index in [9.17, 15) is 0 Å². The Morgan fingerprint density at radius 1 is 0.306 bits per heavy atom. The van der Waals surface area contributed by atoms with E-state index in [1.807, 2.05) is 0 Å². The van der Waals surface area contributed by atoms with Gasteiger partial charge in [0.2, 0.25) is 0 Å². The highest BCUT2D eigenvalue weighted by molar-refractivity contribution is 7.68. The van der Waals surface area contributed by atoms with Crippen molar-refractivity contribution >= 4 is 46.3 Å². The maximum absolute atomic E-state index is 6.89. The summed E-state index contributed by atoms with van der Waals surface area (Å²) in [7, 11) is -6.44. The second-order valence-corrected chi connectivity index (χ2v) is 32.4. The van der Waals surface area contributed by atoms with Gasteiger partial charge < -0.3 is 9.47 Å². The fourth-order valence-corrected chi connectivity index (χ4v) is 32.1. The number of hydrogen-bond donors (Lipinski definition) is 0. The minimum Gasteiger partial charge on any atom is -0.493 e.